The molecule has 0 atom stereocenters. The van der Waals surface area contributed by atoms with Gasteiger partial charge in [0.05, 0.1) is 10.4 Å². The Balaban J connectivity index is 2.41. The van der Waals surface area contributed by atoms with Crippen LogP contribution in [-0.2, 0) is 10.2 Å². The van der Waals surface area contributed by atoms with E-state index in [1.807, 2.05) is 6.92 Å². The number of aliphatic carboxylic acids is 1. The van der Waals surface area contributed by atoms with Crippen molar-refractivity contribution in [2.75, 3.05) is 5.73 Å². The zero-order chi connectivity index (χ0) is 11.9. The normalized spacial score (nSPS) is 28.5. The lowest BCUT2D eigenvalue weighted by molar-refractivity contribution is -0.149. The molecule has 86 valence electrons. The van der Waals surface area contributed by atoms with E-state index in [9.17, 15) is 9.90 Å². The predicted octanol–water partition coefficient (Wildman–Crippen LogP) is 2.07. The average molecular weight is 241 g/mol. The first kappa shape index (κ1) is 11.2. The molecule has 0 saturated heterocycles. The maximum atomic E-state index is 11.3. The maximum Gasteiger partial charge on any atom is 0.314 e. The molecule has 1 fully saturated rings. The van der Waals surface area contributed by atoms with Gasteiger partial charge in [-0.05, 0) is 30.4 Å². The molecular formula is C11H13ClN2O2. The summed E-state index contributed by atoms with van der Waals surface area (Å²) in [5, 5.41) is 9.63. The summed E-state index contributed by atoms with van der Waals surface area (Å²) in [6, 6.07) is 1.61. The fraction of sp³-hybridized carbons (Fsp3) is 0.455. The second-order valence-corrected chi connectivity index (χ2v) is 4.90. The van der Waals surface area contributed by atoms with Gasteiger partial charge in [0.25, 0.3) is 0 Å². The van der Waals surface area contributed by atoms with Crippen LogP contribution in [0.25, 0.3) is 0 Å². The van der Waals surface area contributed by atoms with Gasteiger partial charge >= 0.3 is 5.97 Å². The van der Waals surface area contributed by atoms with Gasteiger partial charge in [0.1, 0.15) is 5.82 Å². The third-order valence-electron chi connectivity index (χ3n) is 3.23. The fourth-order valence-electron chi connectivity index (χ4n) is 2.37. The quantitative estimate of drug-likeness (QED) is 0.830. The van der Waals surface area contributed by atoms with Crippen molar-refractivity contribution in [3.05, 3.63) is 22.8 Å². The molecule has 4 nitrogen and oxygen atoms in total. The van der Waals surface area contributed by atoms with E-state index in [0.717, 1.165) is 0 Å². The summed E-state index contributed by atoms with van der Waals surface area (Å²) in [5.41, 5.74) is 5.34. The van der Waals surface area contributed by atoms with Crippen molar-refractivity contribution in [3.63, 3.8) is 0 Å². The number of nitrogen functional groups attached to an aromatic ring is 1. The molecule has 1 aliphatic carbocycles. The van der Waals surface area contributed by atoms with Crippen LogP contribution < -0.4 is 5.73 Å². The number of hydrogen-bond acceptors (Lipinski definition) is 3. The third kappa shape index (κ3) is 1.53. The second kappa shape index (κ2) is 3.63. The molecule has 1 aromatic rings. The molecule has 16 heavy (non-hydrogen) atoms. The van der Waals surface area contributed by atoms with Crippen LogP contribution in [0.1, 0.15) is 25.3 Å². The molecule has 0 spiro atoms. The van der Waals surface area contributed by atoms with E-state index in [4.69, 9.17) is 17.3 Å². The van der Waals surface area contributed by atoms with Crippen molar-refractivity contribution < 1.29 is 9.90 Å². The number of carboxylic acids is 1. The smallest absolute Gasteiger partial charge is 0.314 e. The van der Waals surface area contributed by atoms with Crippen molar-refractivity contribution in [3.8, 4) is 0 Å². The average Bonchev–Trinajstić information content (AvgIpc) is 2.17. The Morgan fingerprint density at radius 3 is 2.75 bits per heavy atom. The number of carboxylic acid groups (broad SMARTS) is 1. The van der Waals surface area contributed by atoms with Crippen LogP contribution in [0.4, 0.5) is 5.82 Å². The lowest BCUT2D eigenvalue weighted by Gasteiger charge is -2.43. The number of hydrogen-bond donors (Lipinski definition) is 2. The number of aromatic nitrogens is 1. The molecule has 5 heteroatoms. The molecule has 0 amide bonds. The largest absolute Gasteiger partial charge is 0.481 e. The monoisotopic (exact) mass is 240 g/mol. The van der Waals surface area contributed by atoms with Crippen LogP contribution in [0.3, 0.4) is 0 Å². The van der Waals surface area contributed by atoms with Crippen molar-refractivity contribution in [2.24, 2.45) is 5.92 Å². The van der Waals surface area contributed by atoms with Crippen LogP contribution in [0.5, 0.6) is 0 Å². The van der Waals surface area contributed by atoms with Gasteiger partial charge in [-0.2, -0.15) is 0 Å². The summed E-state index contributed by atoms with van der Waals surface area (Å²) >= 11 is 5.86. The van der Waals surface area contributed by atoms with Crippen LogP contribution in [0, 0.1) is 5.92 Å². The minimum atomic E-state index is -0.816. The first-order valence-corrected chi connectivity index (χ1v) is 5.48. The van der Waals surface area contributed by atoms with Crippen LogP contribution in [0.2, 0.25) is 5.02 Å². The first-order valence-electron chi connectivity index (χ1n) is 5.10. The number of nitrogens with zero attached hydrogens (tertiary/aromatic N) is 1. The highest BCUT2D eigenvalue weighted by Gasteiger charge is 2.50. The minimum absolute atomic E-state index is 0.235. The Hall–Kier alpha value is -1.29. The van der Waals surface area contributed by atoms with Crippen LogP contribution in [-0.4, -0.2) is 16.1 Å². The van der Waals surface area contributed by atoms with E-state index in [1.54, 1.807) is 6.07 Å². The standard InChI is InChI=1S/C11H13ClN2O2/c1-6-3-11(4-6,10(15)16)7-2-8(12)9(13)14-5-7/h2,5-6H,3-4H2,1H3,(H2,13,14)(H,15,16). The van der Waals surface area contributed by atoms with Crippen molar-refractivity contribution >= 4 is 23.4 Å². The number of rotatable bonds is 2. The highest BCUT2D eigenvalue weighted by Crippen LogP contribution is 2.48. The van der Waals surface area contributed by atoms with Gasteiger partial charge in [-0.3, -0.25) is 4.79 Å². The minimum Gasteiger partial charge on any atom is -0.481 e. The van der Waals surface area contributed by atoms with Crippen molar-refractivity contribution in [1.82, 2.24) is 4.98 Å². The Morgan fingerprint density at radius 1 is 1.69 bits per heavy atom. The fourth-order valence-corrected chi connectivity index (χ4v) is 2.54. The number of anilines is 1. The molecule has 0 unspecified atom stereocenters. The molecule has 1 aromatic heterocycles. The molecule has 1 aliphatic rings. The van der Waals surface area contributed by atoms with Gasteiger partial charge in [-0.25, -0.2) is 4.98 Å². The van der Waals surface area contributed by atoms with E-state index in [1.165, 1.54) is 6.20 Å². The maximum absolute atomic E-state index is 11.3. The number of halogens is 1. The molecule has 1 heterocycles. The molecular weight excluding hydrogens is 228 g/mol. The summed E-state index contributed by atoms with van der Waals surface area (Å²) < 4.78 is 0. The first-order chi connectivity index (χ1) is 7.45. The van der Waals surface area contributed by atoms with E-state index < -0.39 is 11.4 Å². The topological polar surface area (TPSA) is 76.2 Å². The Bertz CT molecular complexity index is 442. The van der Waals surface area contributed by atoms with E-state index in [0.29, 0.717) is 29.3 Å². The molecule has 0 aromatic carbocycles. The highest BCUT2D eigenvalue weighted by molar-refractivity contribution is 6.32. The summed E-state index contributed by atoms with van der Waals surface area (Å²) in [6.07, 6.45) is 2.77. The molecule has 2 rings (SSSR count). The molecule has 1 saturated carbocycles. The van der Waals surface area contributed by atoms with E-state index in [-0.39, 0.29) is 5.82 Å². The lowest BCUT2D eigenvalue weighted by atomic mass is 9.59. The van der Waals surface area contributed by atoms with Gasteiger partial charge < -0.3 is 10.8 Å². The Labute approximate surface area is 98.4 Å². The SMILES string of the molecule is CC1CC(C(=O)O)(c2cnc(N)c(Cl)c2)C1. The molecule has 0 radical (unpaired) electrons. The Morgan fingerprint density at radius 2 is 2.31 bits per heavy atom. The summed E-state index contributed by atoms with van der Waals surface area (Å²) in [7, 11) is 0. The Kier molecular flexibility index (Phi) is 2.54. The van der Waals surface area contributed by atoms with Gasteiger partial charge in [0, 0.05) is 6.20 Å². The van der Waals surface area contributed by atoms with Gasteiger partial charge in [-0.15, -0.1) is 0 Å². The van der Waals surface area contributed by atoms with Gasteiger partial charge in [0.15, 0.2) is 0 Å². The van der Waals surface area contributed by atoms with Crippen LogP contribution >= 0.6 is 11.6 Å². The number of pyridine rings is 1. The van der Waals surface area contributed by atoms with E-state index in [2.05, 4.69) is 4.98 Å². The molecule has 0 bridgehead atoms. The number of nitrogens with two attached hydrogens (primary N) is 1. The summed E-state index contributed by atoms with van der Waals surface area (Å²) in [6.45, 7) is 2.04. The lowest BCUT2D eigenvalue weighted by Crippen LogP contribution is -2.47. The van der Waals surface area contributed by atoms with Gasteiger partial charge in [-0.1, -0.05) is 18.5 Å². The van der Waals surface area contributed by atoms with Crippen LogP contribution in [0.15, 0.2) is 12.3 Å². The van der Waals surface area contributed by atoms with Crippen molar-refractivity contribution in [1.29, 1.82) is 0 Å². The summed E-state index contributed by atoms with van der Waals surface area (Å²) in [5.74, 6) is -0.154. The molecule has 3 N–H and O–H groups in total. The predicted molar refractivity (Wildman–Crippen MR) is 61.4 cm³/mol. The zero-order valence-corrected chi connectivity index (χ0v) is 9.66. The zero-order valence-electron chi connectivity index (χ0n) is 8.90. The molecule has 0 aliphatic heterocycles. The number of carbonyl (C=O) groups is 1. The second-order valence-electron chi connectivity index (χ2n) is 4.49. The van der Waals surface area contributed by atoms with Crippen molar-refractivity contribution in [2.45, 2.75) is 25.2 Å². The summed E-state index contributed by atoms with van der Waals surface area (Å²) in [4.78, 5) is 15.3. The highest BCUT2D eigenvalue weighted by atomic mass is 35.5. The van der Waals surface area contributed by atoms with Gasteiger partial charge in [0.2, 0.25) is 0 Å². The van der Waals surface area contributed by atoms with E-state index >= 15 is 0 Å². The third-order valence-corrected chi connectivity index (χ3v) is 3.53.